The van der Waals surface area contributed by atoms with Gasteiger partial charge in [-0.25, -0.2) is 4.98 Å². The number of halogens is 1. The summed E-state index contributed by atoms with van der Waals surface area (Å²) in [6.07, 6.45) is 1.94. The Bertz CT molecular complexity index is 173. The predicted molar refractivity (Wildman–Crippen MR) is 36.2 cm³/mol. The summed E-state index contributed by atoms with van der Waals surface area (Å²) < 4.78 is 0. The second-order valence-corrected chi connectivity index (χ2v) is 2.54. The Morgan fingerprint density at radius 3 is 2.88 bits per heavy atom. The van der Waals surface area contributed by atoms with Crippen LogP contribution in [0.2, 0.25) is 5.15 Å². The minimum atomic E-state index is 0.609. The van der Waals surface area contributed by atoms with Crippen molar-refractivity contribution in [2.45, 2.75) is 6.92 Å². The van der Waals surface area contributed by atoms with Crippen molar-refractivity contribution in [3.8, 4) is 0 Å². The lowest BCUT2D eigenvalue weighted by atomic mass is 10.4. The summed E-state index contributed by atoms with van der Waals surface area (Å²) in [7, 11) is 0. The zero-order valence-electron chi connectivity index (χ0n) is 4.39. The van der Waals surface area contributed by atoms with Crippen LogP contribution in [0, 0.1) is 6.42 Å². The molecule has 1 aromatic heterocycles. The molecule has 1 rings (SSSR count). The lowest BCUT2D eigenvalue weighted by Gasteiger charge is -1.82. The fraction of sp³-hybridized carbons (Fsp3) is 0.200. The van der Waals surface area contributed by atoms with Crippen molar-refractivity contribution < 1.29 is 0 Å². The molecule has 0 unspecified atom stereocenters. The molecule has 1 nitrogen and oxygen atoms in total. The second kappa shape index (κ2) is 2.46. The third-order valence-corrected chi connectivity index (χ3v) is 2.12. The molecule has 0 spiro atoms. The van der Waals surface area contributed by atoms with Crippen molar-refractivity contribution >= 4 is 22.9 Å². The third kappa shape index (κ3) is 1.01. The van der Waals surface area contributed by atoms with Crippen molar-refractivity contribution in [1.29, 1.82) is 0 Å². The van der Waals surface area contributed by atoms with Crippen LogP contribution in [0.15, 0.2) is 5.51 Å². The monoisotopic (exact) mass is 146 g/mol. The summed E-state index contributed by atoms with van der Waals surface area (Å²) >= 11 is 7.16. The van der Waals surface area contributed by atoms with Crippen LogP contribution < -0.4 is 0 Å². The van der Waals surface area contributed by atoms with Gasteiger partial charge in [0.05, 0.1) is 5.51 Å². The standard InChI is InChI=1S/C5H5ClNS/c1-2-4-5(6)7-3-8-4/h2-3H,1H3. The maximum Gasteiger partial charge on any atom is 0.143 e. The van der Waals surface area contributed by atoms with Crippen LogP contribution in [0.3, 0.4) is 0 Å². The highest BCUT2D eigenvalue weighted by molar-refractivity contribution is 7.10. The Kier molecular flexibility index (Phi) is 1.86. The highest BCUT2D eigenvalue weighted by Gasteiger charge is 1.97. The van der Waals surface area contributed by atoms with E-state index in [-0.39, 0.29) is 0 Å². The largest absolute Gasteiger partial charge is 0.233 e. The topological polar surface area (TPSA) is 12.9 Å². The lowest BCUT2D eigenvalue weighted by molar-refractivity contribution is 1.38. The Hall–Kier alpha value is -0.0800. The van der Waals surface area contributed by atoms with Crippen molar-refractivity contribution in [2.75, 3.05) is 0 Å². The second-order valence-electron chi connectivity index (χ2n) is 1.30. The molecule has 0 fully saturated rings. The Balaban J connectivity index is 2.92. The fourth-order valence-corrected chi connectivity index (χ4v) is 1.34. The molecule has 1 aromatic rings. The molecule has 43 valence electrons. The molecule has 0 bridgehead atoms. The van der Waals surface area contributed by atoms with E-state index in [1.807, 2.05) is 13.3 Å². The van der Waals surface area contributed by atoms with E-state index in [0.29, 0.717) is 5.15 Å². The Morgan fingerprint density at radius 2 is 2.62 bits per heavy atom. The van der Waals surface area contributed by atoms with E-state index in [1.165, 1.54) is 0 Å². The third-order valence-electron chi connectivity index (χ3n) is 0.811. The normalized spacial score (nSPS) is 9.75. The summed E-state index contributed by atoms with van der Waals surface area (Å²) in [5.74, 6) is 0. The molecule has 3 heteroatoms. The van der Waals surface area contributed by atoms with Gasteiger partial charge in [0.15, 0.2) is 0 Å². The first kappa shape index (κ1) is 6.05. The number of aromatic nitrogens is 1. The maximum absolute atomic E-state index is 5.61. The minimum Gasteiger partial charge on any atom is -0.233 e. The van der Waals surface area contributed by atoms with Gasteiger partial charge in [-0.1, -0.05) is 18.5 Å². The molecule has 0 atom stereocenters. The van der Waals surface area contributed by atoms with Gasteiger partial charge in [-0.2, -0.15) is 0 Å². The average molecular weight is 147 g/mol. The molecule has 1 radical (unpaired) electrons. The van der Waals surface area contributed by atoms with Crippen LogP contribution in [0.1, 0.15) is 11.8 Å². The van der Waals surface area contributed by atoms with E-state index in [9.17, 15) is 0 Å². The molecule has 8 heavy (non-hydrogen) atoms. The van der Waals surface area contributed by atoms with Gasteiger partial charge in [-0.15, -0.1) is 11.3 Å². The van der Waals surface area contributed by atoms with E-state index < -0.39 is 0 Å². The van der Waals surface area contributed by atoms with E-state index in [2.05, 4.69) is 4.98 Å². The van der Waals surface area contributed by atoms with Crippen LogP contribution >= 0.6 is 22.9 Å². The molecule has 0 amide bonds. The van der Waals surface area contributed by atoms with E-state index in [1.54, 1.807) is 16.8 Å². The zero-order chi connectivity index (χ0) is 5.98. The fourth-order valence-electron chi connectivity index (χ4n) is 0.429. The van der Waals surface area contributed by atoms with Crippen LogP contribution in [-0.2, 0) is 0 Å². The van der Waals surface area contributed by atoms with Gasteiger partial charge in [0.1, 0.15) is 5.15 Å². The first-order valence-corrected chi connectivity index (χ1v) is 3.48. The van der Waals surface area contributed by atoms with E-state index >= 15 is 0 Å². The van der Waals surface area contributed by atoms with Gasteiger partial charge >= 0.3 is 0 Å². The number of hydrogen-bond donors (Lipinski definition) is 0. The summed E-state index contributed by atoms with van der Waals surface area (Å²) in [6, 6.07) is 0. The first-order valence-electron chi connectivity index (χ1n) is 2.23. The number of nitrogens with zero attached hydrogens (tertiary/aromatic N) is 1. The molecule has 0 saturated heterocycles. The molecular formula is C5H5ClNS. The highest BCUT2D eigenvalue weighted by Crippen LogP contribution is 2.19. The molecule has 1 heterocycles. The summed E-state index contributed by atoms with van der Waals surface area (Å²) in [5, 5.41) is 0.609. The predicted octanol–water partition coefficient (Wildman–Crippen LogP) is 2.37. The molecular weight excluding hydrogens is 142 g/mol. The number of rotatable bonds is 1. The molecule has 0 aliphatic heterocycles. The SMILES string of the molecule is C[CH]c1scnc1Cl. The highest BCUT2D eigenvalue weighted by atomic mass is 35.5. The van der Waals surface area contributed by atoms with Crippen molar-refractivity contribution in [2.24, 2.45) is 0 Å². The number of thiazole rings is 1. The Morgan fingerprint density at radius 1 is 1.88 bits per heavy atom. The van der Waals surface area contributed by atoms with Crippen molar-refractivity contribution in [3.63, 3.8) is 0 Å². The van der Waals surface area contributed by atoms with Crippen molar-refractivity contribution in [3.05, 3.63) is 22.0 Å². The molecule has 0 aliphatic carbocycles. The summed E-state index contributed by atoms with van der Waals surface area (Å²) in [5.41, 5.74) is 1.73. The van der Waals surface area contributed by atoms with Crippen molar-refractivity contribution in [1.82, 2.24) is 4.98 Å². The van der Waals surface area contributed by atoms with Crippen LogP contribution in [0.4, 0.5) is 0 Å². The first-order chi connectivity index (χ1) is 3.84. The molecule has 0 saturated carbocycles. The smallest absolute Gasteiger partial charge is 0.143 e. The summed E-state index contributed by atoms with van der Waals surface area (Å²) in [4.78, 5) is 4.89. The van der Waals surface area contributed by atoms with Gasteiger partial charge in [0, 0.05) is 11.3 Å². The van der Waals surface area contributed by atoms with E-state index in [0.717, 1.165) is 4.88 Å². The zero-order valence-corrected chi connectivity index (χ0v) is 5.96. The molecule has 0 N–H and O–H groups in total. The van der Waals surface area contributed by atoms with Crippen LogP contribution in [0.5, 0.6) is 0 Å². The summed E-state index contributed by atoms with van der Waals surface area (Å²) in [6.45, 7) is 1.94. The van der Waals surface area contributed by atoms with Crippen LogP contribution in [0.25, 0.3) is 0 Å². The number of hydrogen-bond acceptors (Lipinski definition) is 2. The van der Waals surface area contributed by atoms with Gasteiger partial charge < -0.3 is 0 Å². The van der Waals surface area contributed by atoms with Crippen LogP contribution in [-0.4, -0.2) is 4.98 Å². The van der Waals surface area contributed by atoms with Gasteiger partial charge in [-0.05, 0) is 0 Å². The maximum atomic E-state index is 5.61. The quantitative estimate of drug-likeness (QED) is 0.593. The lowest BCUT2D eigenvalue weighted by Crippen LogP contribution is -1.67. The Labute approximate surface area is 57.3 Å². The van der Waals surface area contributed by atoms with Gasteiger partial charge in [-0.3, -0.25) is 0 Å². The van der Waals surface area contributed by atoms with Gasteiger partial charge in [0.25, 0.3) is 0 Å². The molecule has 0 aromatic carbocycles. The average Bonchev–Trinajstić information content (AvgIpc) is 2.14. The molecule has 0 aliphatic rings. The van der Waals surface area contributed by atoms with E-state index in [4.69, 9.17) is 11.6 Å². The minimum absolute atomic E-state index is 0.609. The van der Waals surface area contributed by atoms with Gasteiger partial charge in [0.2, 0.25) is 0 Å².